The van der Waals surface area contributed by atoms with E-state index in [0.717, 1.165) is 11.3 Å². The Morgan fingerprint density at radius 2 is 1.86 bits per heavy atom. The zero-order valence-electron chi connectivity index (χ0n) is 11.5. The van der Waals surface area contributed by atoms with Crippen molar-refractivity contribution in [2.24, 2.45) is 0 Å². The summed E-state index contributed by atoms with van der Waals surface area (Å²) < 4.78 is 0. The van der Waals surface area contributed by atoms with E-state index in [1.807, 2.05) is 37.3 Å². The number of nitrogens with one attached hydrogen (secondary N) is 2. The van der Waals surface area contributed by atoms with E-state index in [1.165, 1.54) is 0 Å². The summed E-state index contributed by atoms with van der Waals surface area (Å²) in [6.45, 7) is 1.98. The van der Waals surface area contributed by atoms with Crippen LogP contribution in [0.3, 0.4) is 0 Å². The standard InChI is InChI=1S/C16H16N2O2S/c1-11-6-5-9-13(10-11)17-16(21)18-14(15(19)20)12-7-3-2-4-8-12/h2-10,14H,1H3,(H,19,20)(H2,17,18,21). The van der Waals surface area contributed by atoms with Gasteiger partial charge < -0.3 is 15.7 Å². The maximum atomic E-state index is 11.4. The van der Waals surface area contributed by atoms with E-state index >= 15 is 0 Å². The molecular formula is C16H16N2O2S. The fourth-order valence-electron chi connectivity index (χ4n) is 1.95. The zero-order chi connectivity index (χ0) is 15.2. The summed E-state index contributed by atoms with van der Waals surface area (Å²) in [7, 11) is 0. The number of benzene rings is 2. The Kier molecular flexibility index (Phi) is 4.90. The molecule has 1 atom stereocenters. The number of hydrogen-bond donors (Lipinski definition) is 3. The van der Waals surface area contributed by atoms with Gasteiger partial charge in [-0.15, -0.1) is 0 Å². The van der Waals surface area contributed by atoms with Gasteiger partial charge in [0, 0.05) is 5.69 Å². The van der Waals surface area contributed by atoms with Gasteiger partial charge in [0.15, 0.2) is 11.2 Å². The third kappa shape index (κ3) is 4.29. The van der Waals surface area contributed by atoms with Gasteiger partial charge in [0.1, 0.15) is 0 Å². The number of anilines is 1. The van der Waals surface area contributed by atoms with Crippen molar-refractivity contribution in [2.75, 3.05) is 5.32 Å². The molecule has 0 heterocycles. The van der Waals surface area contributed by atoms with Crippen molar-refractivity contribution in [3.63, 3.8) is 0 Å². The molecule has 4 nitrogen and oxygen atoms in total. The molecule has 0 fully saturated rings. The first kappa shape index (κ1) is 15.0. The topological polar surface area (TPSA) is 61.4 Å². The molecule has 21 heavy (non-hydrogen) atoms. The average Bonchev–Trinajstić information content (AvgIpc) is 2.45. The van der Waals surface area contributed by atoms with Gasteiger partial charge in [0.25, 0.3) is 0 Å². The van der Waals surface area contributed by atoms with E-state index in [1.54, 1.807) is 24.3 Å². The van der Waals surface area contributed by atoms with Crippen LogP contribution in [0.1, 0.15) is 17.2 Å². The minimum atomic E-state index is -0.977. The van der Waals surface area contributed by atoms with Crippen LogP contribution in [0.5, 0.6) is 0 Å². The zero-order valence-corrected chi connectivity index (χ0v) is 12.4. The van der Waals surface area contributed by atoms with Crippen molar-refractivity contribution in [1.29, 1.82) is 0 Å². The van der Waals surface area contributed by atoms with Gasteiger partial charge in [-0.25, -0.2) is 4.79 Å². The van der Waals surface area contributed by atoms with Crippen LogP contribution in [-0.4, -0.2) is 16.2 Å². The summed E-state index contributed by atoms with van der Waals surface area (Å²) in [5.41, 5.74) is 2.57. The molecular weight excluding hydrogens is 284 g/mol. The molecule has 5 heteroatoms. The minimum absolute atomic E-state index is 0.275. The lowest BCUT2D eigenvalue weighted by Crippen LogP contribution is -2.36. The molecule has 0 saturated carbocycles. The lowest BCUT2D eigenvalue weighted by Gasteiger charge is -2.17. The highest BCUT2D eigenvalue weighted by Crippen LogP contribution is 2.14. The van der Waals surface area contributed by atoms with E-state index in [9.17, 15) is 9.90 Å². The molecule has 0 aliphatic heterocycles. The molecule has 0 saturated heterocycles. The van der Waals surface area contributed by atoms with Crippen molar-refractivity contribution < 1.29 is 9.90 Å². The van der Waals surface area contributed by atoms with Gasteiger partial charge in [-0.2, -0.15) is 0 Å². The summed E-state index contributed by atoms with van der Waals surface area (Å²) in [6.07, 6.45) is 0. The summed E-state index contributed by atoms with van der Waals surface area (Å²) in [6, 6.07) is 15.8. The number of carbonyl (C=O) groups is 1. The first-order chi connectivity index (χ1) is 10.1. The van der Waals surface area contributed by atoms with Crippen LogP contribution in [0.15, 0.2) is 54.6 Å². The van der Waals surface area contributed by atoms with Crippen molar-refractivity contribution in [3.8, 4) is 0 Å². The molecule has 3 N–H and O–H groups in total. The number of hydrogen-bond acceptors (Lipinski definition) is 2. The van der Waals surface area contributed by atoms with E-state index in [0.29, 0.717) is 5.56 Å². The lowest BCUT2D eigenvalue weighted by molar-refractivity contribution is -0.139. The Hall–Kier alpha value is -2.40. The van der Waals surface area contributed by atoms with Crippen LogP contribution in [0, 0.1) is 6.92 Å². The quantitative estimate of drug-likeness (QED) is 0.757. The maximum absolute atomic E-state index is 11.4. The average molecular weight is 300 g/mol. The van der Waals surface area contributed by atoms with Crippen molar-refractivity contribution in [3.05, 3.63) is 65.7 Å². The monoisotopic (exact) mass is 300 g/mol. The molecule has 108 valence electrons. The summed E-state index contributed by atoms with van der Waals surface area (Å²) in [4.78, 5) is 11.4. The third-order valence-electron chi connectivity index (χ3n) is 2.93. The van der Waals surface area contributed by atoms with Crippen molar-refractivity contribution in [1.82, 2.24) is 5.32 Å². The number of thiocarbonyl (C=S) groups is 1. The van der Waals surface area contributed by atoms with Crippen LogP contribution < -0.4 is 10.6 Å². The summed E-state index contributed by atoms with van der Waals surface area (Å²) in [5.74, 6) is -0.977. The van der Waals surface area contributed by atoms with Crippen LogP contribution in [0.4, 0.5) is 5.69 Å². The minimum Gasteiger partial charge on any atom is -0.479 e. The van der Waals surface area contributed by atoms with Crippen molar-refractivity contribution >= 4 is 29.0 Å². The number of carboxylic acid groups (broad SMARTS) is 1. The fraction of sp³-hybridized carbons (Fsp3) is 0.125. The van der Waals surface area contributed by atoms with Crippen molar-refractivity contribution in [2.45, 2.75) is 13.0 Å². The molecule has 1 unspecified atom stereocenters. The third-order valence-corrected chi connectivity index (χ3v) is 3.15. The SMILES string of the molecule is Cc1cccc(NC(=S)NC(C(=O)O)c2ccccc2)c1. The van der Waals surface area contributed by atoms with E-state index < -0.39 is 12.0 Å². The maximum Gasteiger partial charge on any atom is 0.330 e. The predicted molar refractivity (Wildman–Crippen MR) is 87.4 cm³/mol. The first-order valence-electron chi connectivity index (χ1n) is 6.48. The molecule has 0 aliphatic carbocycles. The largest absolute Gasteiger partial charge is 0.479 e. The molecule has 0 aromatic heterocycles. The summed E-state index contributed by atoms with van der Waals surface area (Å²) in [5, 5.41) is 15.4. The number of rotatable bonds is 4. The molecule has 2 aromatic rings. The van der Waals surface area contributed by atoms with Crippen LogP contribution >= 0.6 is 12.2 Å². The van der Waals surface area contributed by atoms with Crippen LogP contribution in [0.25, 0.3) is 0 Å². The molecule has 0 amide bonds. The highest BCUT2D eigenvalue weighted by Gasteiger charge is 2.20. The van der Waals surface area contributed by atoms with Gasteiger partial charge >= 0.3 is 5.97 Å². The smallest absolute Gasteiger partial charge is 0.330 e. The normalized spacial score (nSPS) is 11.5. The predicted octanol–water partition coefficient (Wildman–Crippen LogP) is 3.11. The molecule has 0 bridgehead atoms. The highest BCUT2D eigenvalue weighted by atomic mass is 32.1. The van der Waals surface area contributed by atoms with Crippen LogP contribution in [-0.2, 0) is 4.79 Å². The second-order valence-electron chi connectivity index (χ2n) is 4.65. The summed E-state index contributed by atoms with van der Waals surface area (Å²) >= 11 is 5.19. The number of carboxylic acids is 1. The van der Waals surface area contributed by atoms with E-state index in [-0.39, 0.29) is 5.11 Å². The molecule has 0 aliphatic rings. The highest BCUT2D eigenvalue weighted by molar-refractivity contribution is 7.80. The van der Waals surface area contributed by atoms with Gasteiger partial charge in [-0.05, 0) is 42.4 Å². The lowest BCUT2D eigenvalue weighted by atomic mass is 10.1. The Bertz CT molecular complexity index is 644. The number of aryl methyl sites for hydroxylation is 1. The fourth-order valence-corrected chi connectivity index (χ4v) is 2.19. The molecule has 0 spiro atoms. The Morgan fingerprint density at radius 1 is 1.14 bits per heavy atom. The van der Waals surface area contributed by atoms with Gasteiger partial charge in [0.05, 0.1) is 0 Å². The Labute approximate surface area is 128 Å². The first-order valence-corrected chi connectivity index (χ1v) is 6.89. The van der Waals surface area contributed by atoms with Crippen LogP contribution in [0.2, 0.25) is 0 Å². The Morgan fingerprint density at radius 3 is 2.48 bits per heavy atom. The van der Waals surface area contributed by atoms with Gasteiger partial charge in [-0.1, -0.05) is 42.5 Å². The Balaban J connectivity index is 2.07. The van der Waals surface area contributed by atoms with Gasteiger partial charge in [0.2, 0.25) is 0 Å². The number of aliphatic carboxylic acids is 1. The molecule has 2 aromatic carbocycles. The second kappa shape index (κ2) is 6.85. The second-order valence-corrected chi connectivity index (χ2v) is 5.06. The van der Waals surface area contributed by atoms with E-state index in [4.69, 9.17) is 12.2 Å². The molecule has 0 radical (unpaired) electrons. The molecule has 2 rings (SSSR count). The van der Waals surface area contributed by atoms with E-state index in [2.05, 4.69) is 10.6 Å². The van der Waals surface area contributed by atoms with Gasteiger partial charge in [-0.3, -0.25) is 0 Å².